The lowest BCUT2D eigenvalue weighted by Crippen LogP contribution is -2.43. The second-order valence-electron chi connectivity index (χ2n) is 5.91. The van der Waals surface area contributed by atoms with E-state index in [0.717, 1.165) is 63.4 Å². The van der Waals surface area contributed by atoms with Crippen LogP contribution in [0.3, 0.4) is 0 Å². The average Bonchev–Trinajstić information content (AvgIpc) is 2.69. The predicted octanol–water partition coefficient (Wildman–Crippen LogP) is 3.07. The van der Waals surface area contributed by atoms with E-state index in [2.05, 4.69) is 39.0 Å². The minimum atomic E-state index is 0.359. The third kappa shape index (κ3) is 3.18. The summed E-state index contributed by atoms with van der Waals surface area (Å²) in [5, 5.41) is 1.06. The molecule has 1 fully saturated rings. The molecule has 0 spiro atoms. The quantitative estimate of drug-likeness (QED) is 0.790. The van der Waals surface area contributed by atoms with Crippen LogP contribution in [0.5, 0.6) is 5.75 Å². The van der Waals surface area contributed by atoms with E-state index >= 15 is 0 Å². The monoisotopic (exact) mass is 339 g/mol. The largest absolute Gasteiger partial charge is 0.492 e. The molecule has 2 heterocycles. The van der Waals surface area contributed by atoms with Gasteiger partial charge in [0.1, 0.15) is 12.4 Å². The number of alkyl halides is 1. The van der Waals surface area contributed by atoms with Gasteiger partial charge in [-0.3, -0.25) is 4.90 Å². The van der Waals surface area contributed by atoms with Gasteiger partial charge < -0.3 is 9.47 Å². The lowest BCUT2D eigenvalue weighted by atomic mass is 9.81. The molecule has 4 heteroatoms. The van der Waals surface area contributed by atoms with E-state index < -0.39 is 0 Å². The Morgan fingerprint density at radius 2 is 1.95 bits per heavy atom. The summed E-state index contributed by atoms with van der Waals surface area (Å²) in [6.07, 6.45) is 2.30. The number of nitrogens with zero attached hydrogens (tertiary/aromatic N) is 1. The average molecular weight is 340 g/mol. The first-order valence-corrected chi connectivity index (χ1v) is 8.50. The van der Waals surface area contributed by atoms with Crippen LogP contribution in [0, 0.1) is 5.41 Å². The van der Waals surface area contributed by atoms with Crippen LogP contribution in [0.15, 0.2) is 24.3 Å². The summed E-state index contributed by atoms with van der Waals surface area (Å²) in [5.74, 6) is 1.05. The van der Waals surface area contributed by atoms with E-state index in [-0.39, 0.29) is 0 Å². The molecule has 1 saturated heterocycles. The fourth-order valence-electron chi connectivity index (χ4n) is 3.13. The van der Waals surface area contributed by atoms with Crippen LogP contribution < -0.4 is 4.74 Å². The molecule has 1 aromatic carbocycles. The van der Waals surface area contributed by atoms with E-state index in [1.165, 1.54) is 5.56 Å². The summed E-state index contributed by atoms with van der Waals surface area (Å²) in [4.78, 5) is 2.54. The number of benzene rings is 1. The Hall–Kier alpha value is -0.580. The molecular formula is C16H22BrNO2. The zero-order valence-corrected chi connectivity index (χ0v) is 13.4. The number of rotatable bonds is 3. The Labute approximate surface area is 129 Å². The highest BCUT2D eigenvalue weighted by Gasteiger charge is 2.34. The van der Waals surface area contributed by atoms with Crippen molar-refractivity contribution in [2.24, 2.45) is 5.41 Å². The number of hydrogen-bond acceptors (Lipinski definition) is 3. The third-order valence-electron chi connectivity index (χ3n) is 4.43. The maximum Gasteiger partial charge on any atom is 0.123 e. The Morgan fingerprint density at radius 3 is 2.75 bits per heavy atom. The molecule has 110 valence electrons. The second kappa shape index (κ2) is 6.46. The van der Waals surface area contributed by atoms with Crippen LogP contribution in [0.2, 0.25) is 0 Å². The van der Waals surface area contributed by atoms with Gasteiger partial charge in [-0.2, -0.15) is 0 Å². The molecule has 3 rings (SSSR count). The summed E-state index contributed by atoms with van der Waals surface area (Å²) in [7, 11) is 0. The highest BCUT2D eigenvalue weighted by molar-refractivity contribution is 9.09. The Kier molecular flexibility index (Phi) is 4.64. The summed E-state index contributed by atoms with van der Waals surface area (Å²) in [6.45, 7) is 5.69. The van der Waals surface area contributed by atoms with Gasteiger partial charge >= 0.3 is 0 Å². The van der Waals surface area contributed by atoms with Crippen LogP contribution in [0.4, 0.5) is 0 Å². The standard InChI is InChI=1S/C16H22BrNO2/c17-12-16(5-8-19-9-6-16)13-18-7-10-20-15-4-2-1-3-14(15)11-18/h1-4H,5-13H2. The maximum atomic E-state index is 5.86. The maximum absolute atomic E-state index is 5.86. The van der Waals surface area contributed by atoms with Crippen molar-refractivity contribution < 1.29 is 9.47 Å². The minimum Gasteiger partial charge on any atom is -0.492 e. The highest BCUT2D eigenvalue weighted by atomic mass is 79.9. The van der Waals surface area contributed by atoms with Crippen molar-refractivity contribution in [3.63, 3.8) is 0 Å². The molecule has 0 aliphatic carbocycles. The van der Waals surface area contributed by atoms with Crippen molar-refractivity contribution in [3.05, 3.63) is 29.8 Å². The Balaban J connectivity index is 1.71. The van der Waals surface area contributed by atoms with Crippen LogP contribution in [-0.4, -0.2) is 43.1 Å². The smallest absolute Gasteiger partial charge is 0.123 e. The molecule has 1 aromatic rings. The topological polar surface area (TPSA) is 21.7 Å². The predicted molar refractivity (Wildman–Crippen MR) is 83.5 cm³/mol. The van der Waals surface area contributed by atoms with Gasteiger partial charge in [-0.1, -0.05) is 34.1 Å². The number of ether oxygens (including phenoxy) is 2. The normalized spacial score (nSPS) is 22.6. The summed E-state index contributed by atoms with van der Waals surface area (Å²) >= 11 is 3.73. The first-order valence-electron chi connectivity index (χ1n) is 7.38. The van der Waals surface area contributed by atoms with Gasteiger partial charge in [-0.25, -0.2) is 0 Å². The van der Waals surface area contributed by atoms with Crippen molar-refractivity contribution in [1.29, 1.82) is 0 Å². The molecule has 0 bridgehead atoms. The summed E-state index contributed by atoms with van der Waals surface area (Å²) in [5.41, 5.74) is 1.67. The molecule has 2 aliphatic heterocycles. The minimum absolute atomic E-state index is 0.359. The summed E-state index contributed by atoms with van der Waals surface area (Å²) < 4.78 is 11.4. The van der Waals surface area contributed by atoms with Crippen LogP contribution in [-0.2, 0) is 11.3 Å². The molecule has 0 radical (unpaired) electrons. The number of fused-ring (bicyclic) bond motifs is 1. The van der Waals surface area contributed by atoms with Gasteiger partial charge in [0, 0.05) is 43.7 Å². The van der Waals surface area contributed by atoms with Crippen molar-refractivity contribution >= 4 is 15.9 Å². The fourth-order valence-corrected chi connectivity index (χ4v) is 3.87. The van der Waals surface area contributed by atoms with Crippen molar-refractivity contribution in [1.82, 2.24) is 4.90 Å². The van der Waals surface area contributed by atoms with E-state index in [4.69, 9.17) is 9.47 Å². The van der Waals surface area contributed by atoms with Gasteiger partial charge in [-0.05, 0) is 24.3 Å². The molecule has 3 nitrogen and oxygen atoms in total. The number of halogens is 1. The van der Waals surface area contributed by atoms with E-state index in [9.17, 15) is 0 Å². The van der Waals surface area contributed by atoms with Crippen molar-refractivity contribution in [2.75, 3.05) is 38.2 Å². The molecule has 0 saturated carbocycles. The fraction of sp³-hybridized carbons (Fsp3) is 0.625. The van der Waals surface area contributed by atoms with Crippen LogP contribution in [0.1, 0.15) is 18.4 Å². The van der Waals surface area contributed by atoms with Gasteiger partial charge in [0.25, 0.3) is 0 Å². The highest BCUT2D eigenvalue weighted by Crippen LogP contribution is 2.34. The van der Waals surface area contributed by atoms with Crippen molar-refractivity contribution in [2.45, 2.75) is 19.4 Å². The SMILES string of the molecule is BrCC1(CN2CCOc3ccccc3C2)CCOCC1. The first-order chi connectivity index (χ1) is 9.81. The molecule has 0 amide bonds. The molecule has 20 heavy (non-hydrogen) atoms. The second-order valence-corrected chi connectivity index (χ2v) is 6.47. The van der Waals surface area contributed by atoms with E-state index in [0.29, 0.717) is 5.41 Å². The number of hydrogen-bond donors (Lipinski definition) is 0. The van der Waals surface area contributed by atoms with Gasteiger partial charge in [-0.15, -0.1) is 0 Å². The first kappa shape index (κ1) is 14.4. The lowest BCUT2D eigenvalue weighted by molar-refractivity contribution is 0.00624. The zero-order valence-electron chi connectivity index (χ0n) is 11.8. The molecule has 0 atom stereocenters. The van der Waals surface area contributed by atoms with Crippen molar-refractivity contribution in [3.8, 4) is 5.75 Å². The zero-order chi connectivity index (χ0) is 13.8. The Morgan fingerprint density at radius 1 is 1.15 bits per heavy atom. The van der Waals surface area contributed by atoms with Gasteiger partial charge in [0.05, 0.1) is 0 Å². The van der Waals surface area contributed by atoms with E-state index in [1.807, 2.05) is 6.07 Å². The Bertz CT molecular complexity index is 446. The van der Waals surface area contributed by atoms with Gasteiger partial charge in [0.15, 0.2) is 0 Å². The molecular weight excluding hydrogens is 318 g/mol. The van der Waals surface area contributed by atoms with Crippen LogP contribution >= 0.6 is 15.9 Å². The summed E-state index contributed by atoms with van der Waals surface area (Å²) in [6, 6.07) is 8.40. The number of para-hydroxylation sites is 1. The third-order valence-corrected chi connectivity index (χ3v) is 5.62. The molecule has 0 aromatic heterocycles. The lowest BCUT2D eigenvalue weighted by Gasteiger charge is -2.39. The molecule has 0 N–H and O–H groups in total. The molecule has 0 unspecified atom stereocenters. The molecule has 2 aliphatic rings. The van der Waals surface area contributed by atoms with E-state index in [1.54, 1.807) is 0 Å². The van der Waals surface area contributed by atoms with Crippen LogP contribution in [0.25, 0.3) is 0 Å². The van der Waals surface area contributed by atoms with Gasteiger partial charge in [0.2, 0.25) is 0 Å².